The van der Waals surface area contributed by atoms with Crippen molar-refractivity contribution in [1.29, 1.82) is 0 Å². The lowest BCUT2D eigenvalue weighted by Gasteiger charge is -2.16. The predicted molar refractivity (Wildman–Crippen MR) is 86.7 cm³/mol. The summed E-state index contributed by atoms with van der Waals surface area (Å²) in [7, 11) is 0. The highest BCUT2D eigenvalue weighted by Crippen LogP contribution is 2.23. The molecule has 0 fully saturated rings. The zero-order chi connectivity index (χ0) is 17.1. The molecule has 0 aliphatic carbocycles. The van der Waals surface area contributed by atoms with Crippen molar-refractivity contribution in [2.24, 2.45) is 0 Å². The second-order valence-electron chi connectivity index (χ2n) is 5.22. The minimum Gasteiger partial charge on any atom is -0.477 e. The Morgan fingerprint density at radius 3 is 2.54 bits per heavy atom. The number of carboxylic acid groups (broad SMARTS) is 1. The van der Waals surface area contributed by atoms with Crippen LogP contribution in [0.4, 0.5) is 0 Å². The first-order valence-electron chi connectivity index (χ1n) is 7.31. The van der Waals surface area contributed by atoms with Crippen LogP contribution in [0.1, 0.15) is 29.1 Å². The highest BCUT2D eigenvalue weighted by atomic mass is 16.5. The molecule has 0 aliphatic heterocycles. The van der Waals surface area contributed by atoms with Crippen LogP contribution in [0.5, 0.6) is 11.5 Å². The van der Waals surface area contributed by atoms with Gasteiger partial charge < -0.3 is 18.8 Å². The van der Waals surface area contributed by atoms with Crippen molar-refractivity contribution in [3.63, 3.8) is 0 Å². The Hall–Kier alpha value is -3.28. The van der Waals surface area contributed by atoms with Gasteiger partial charge in [-0.1, -0.05) is 18.2 Å². The van der Waals surface area contributed by atoms with Gasteiger partial charge in [-0.05, 0) is 31.2 Å². The lowest BCUT2D eigenvalue weighted by Crippen LogP contribution is -2.20. The molecule has 2 aromatic heterocycles. The molecule has 0 saturated heterocycles. The molecule has 122 valence electrons. The van der Waals surface area contributed by atoms with Gasteiger partial charge in [0.25, 0.3) is 0 Å². The van der Waals surface area contributed by atoms with E-state index in [0.717, 1.165) is 0 Å². The zero-order valence-electron chi connectivity index (χ0n) is 12.9. The van der Waals surface area contributed by atoms with E-state index in [1.165, 1.54) is 18.7 Å². The number of nitrogens with zero attached hydrogens (tertiary/aromatic N) is 1. The van der Waals surface area contributed by atoms with Gasteiger partial charge in [-0.25, -0.2) is 4.79 Å². The SMILES string of the molecule is C[C@@H](c1ccco1)n1cc(Oc2ccccc2)c(=O)c(C(=O)O)c1. The van der Waals surface area contributed by atoms with E-state index in [4.69, 9.17) is 9.15 Å². The van der Waals surface area contributed by atoms with Crippen molar-refractivity contribution in [2.45, 2.75) is 13.0 Å². The number of aromatic carboxylic acids is 1. The normalized spacial score (nSPS) is 11.9. The Balaban J connectivity index is 2.07. The summed E-state index contributed by atoms with van der Waals surface area (Å²) in [6, 6.07) is 11.9. The van der Waals surface area contributed by atoms with Crippen LogP contribution in [0, 0.1) is 0 Å². The van der Waals surface area contributed by atoms with Crippen molar-refractivity contribution >= 4 is 5.97 Å². The Morgan fingerprint density at radius 2 is 1.92 bits per heavy atom. The summed E-state index contributed by atoms with van der Waals surface area (Å²) in [5.74, 6) is -0.270. The average molecular weight is 325 g/mol. The highest BCUT2D eigenvalue weighted by Gasteiger charge is 2.19. The molecule has 6 nitrogen and oxygen atoms in total. The molecule has 0 aliphatic rings. The van der Waals surface area contributed by atoms with Gasteiger partial charge in [0, 0.05) is 6.20 Å². The average Bonchev–Trinajstić information content (AvgIpc) is 3.11. The molecule has 0 radical (unpaired) electrons. The summed E-state index contributed by atoms with van der Waals surface area (Å²) in [4.78, 5) is 23.7. The summed E-state index contributed by atoms with van der Waals surface area (Å²) in [5, 5.41) is 9.30. The van der Waals surface area contributed by atoms with Gasteiger partial charge in [-0.15, -0.1) is 0 Å². The molecule has 3 rings (SSSR count). The predicted octanol–water partition coefficient (Wildman–Crippen LogP) is 3.54. The van der Waals surface area contributed by atoms with E-state index in [0.29, 0.717) is 11.5 Å². The van der Waals surface area contributed by atoms with Crippen LogP contribution in [0.25, 0.3) is 0 Å². The standard InChI is InChI=1S/C18H15NO5/c1-12(15-8-5-9-23-15)19-10-14(18(21)22)17(20)16(11-19)24-13-6-3-2-4-7-13/h2-12H,1H3,(H,21,22)/t12-/m0/s1. The fourth-order valence-corrected chi connectivity index (χ4v) is 2.31. The number of ether oxygens (including phenoxy) is 1. The summed E-state index contributed by atoms with van der Waals surface area (Å²) in [5.41, 5.74) is -1.03. The molecule has 3 aromatic rings. The van der Waals surface area contributed by atoms with Gasteiger partial charge in [0.15, 0.2) is 5.75 Å². The second-order valence-corrected chi connectivity index (χ2v) is 5.22. The largest absolute Gasteiger partial charge is 0.477 e. The van der Waals surface area contributed by atoms with E-state index < -0.39 is 11.4 Å². The fraction of sp³-hybridized carbons (Fsp3) is 0.111. The first kappa shape index (κ1) is 15.6. The van der Waals surface area contributed by atoms with Crippen LogP contribution >= 0.6 is 0 Å². The van der Waals surface area contributed by atoms with Gasteiger partial charge >= 0.3 is 5.97 Å². The van der Waals surface area contributed by atoms with E-state index in [9.17, 15) is 14.7 Å². The lowest BCUT2D eigenvalue weighted by molar-refractivity contribution is 0.0693. The third-order valence-electron chi connectivity index (χ3n) is 3.62. The minimum absolute atomic E-state index is 0.0560. The molecule has 0 unspecified atom stereocenters. The molecule has 1 N–H and O–H groups in total. The first-order chi connectivity index (χ1) is 11.6. The molecule has 24 heavy (non-hydrogen) atoms. The van der Waals surface area contributed by atoms with Gasteiger partial charge in [-0.2, -0.15) is 0 Å². The second kappa shape index (κ2) is 6.45. The van der Waals surface area contributed by atoms with Gasteiger partial charge in [0.2, 0.25) is 5.43 Å². The molecule has 0 saturated carbocycles. The molecule has 1 aromatic carbocycles. The van der Waals surface area contributed by atoms with Crippen LogP contribution in [0.3, 0.4) is 0 Å². The summed E-state index contributed by atoms with van der Waals surface area (Å²) in [6.45, 7) is 1.83. The van der Waals surface area contributed by atoms with E-state index in [1.807, 2.05) is 13.0 Å². The Kier molecular flexibility index (Phi) is 4.20. The molecular weight excluding hydrogens is 310 g/mol. The smallest absolute Gasteiger partial charge is 0.341 e. The Labute approximate surface area is 137 Å². The fourth-order valence-electron chi connectivity index (χ4n) is 2.31. The number of para-hydroxylation sites is 1. The monoisotopic (exact) mass is 325 g/mol. The van der Waals surface area contributed by atoms with Crippen molar-refractivity contribution in [1.82, 2.24) is 4.57 Å². The number of aromatic nitrogens is 1. The van der Waals surface area contributed by atoms with Crippen LogP contribution in [0.2, 0.25) is 0 Å². The highest BCUT2D eigenvalue weighted by molar-refractivity contribution is 5.87. The van der Waals surface area contributed by atoms with E-state index >= 15 is 0 Å². The number of hydrogen-bond acceptors (Lipinski definition) is 4. The van der Waals surface area contributed by atoms with Crippen LogP contribution in [-0.2, 0) is 0 Å². The molecule has 1 atom stereocenters. The maximum Gasteiger partial charge on any atom is 0.341 e. The molecule has 0 bridgehead atoms. The number of benzene rings is 1. The summed E-state index contributed by atoms with van der Waals surface area (Å²) in [6.07, 6.45) is 4.30. The Bertz CT molecular complexity index is 897. The number of hydrogen-bond donors (Lipinski definition) is 1. The number of pyridine rings is 1. The van der Waals surface area contributed by atoms with Crippen molar-refractivity contribution < 1.29 is 19.1 Å². The number of carboxylic acids is 1. The van der Waals surface area contributed by atoms with Crippen molar-refractivity contribution in [3.05, 3.63) is 82.7 Å². The van der Waals surface area contributed by atoms with Crippen molar-refractivity contribution in [2.75, 3.05) is 0 Å². The summed E-state index contributed by atoms with van der Waals surface area (Å²) < 4.78 is 12.5. The minimum atomic E-state index is -1.31. The quantitative estimate of drug-likeness (QED) is 0.776. The van der Waals surface area contributed by atoms with Gasteiger partial charge in [0.1, 0.15) is 17.1 Å². The topological polar surface area (TPSA) is 81.7 Å². The molecular formula is C18H15NO5. The van der Waals surface area contributed by atoms with Crippen LogP contribution in [0.15, 0.2) is 70.3 Å². The third kappa shape index (κ3) is 3.08. The summed E-state index contributed by atoms with van der Waals surface area (Å²) >= 11 is 0. The molecule has 0 amide bonds. The molecule has 6 heteroatoms. The van der Waals surface area contributed by atoms with Crippen molar-refractivity contribution in [3.8, 4) is 11.5 Å². The van der Waals surface area contributed by atoms with Gasteiger partial charge in [-0.3, -0.25) is 4.79 Å². The molecule has 0 spiro atoms. The van der Waals surface area contributed by atoms with Crippen LogP contribution < -0.4 is 10.2 Å². The number of carbonyl (C=O) groups is 1. The lowest BCUT2D eigenvalue weighted by atomic mass is 10.2. The number of furan rings is 1. The maximum atomic E-state index is 12.3. The maximum absolute atomic E-state index is 12.3. The molecule has 2 heterocycles. The van der Waals surface area contributed by atoms with E-state index in [2.05, 4.69) is 0 Å². The zero-order valence-corrected chi connectivity index (χ0v) is 12.9. The first-order valence-corrected chi connectivity index (χ1v) is 7.31. The number of rotatable bonds is 5. The Morgan fingerprint density at radius 1 is 1.17 bits per heavy atom. The van der Waals surface area contributed by atoms with E-state index in [1.54, 1.807) is 41.0 Å². The third-order valence-corrected chi connectivity index (χ3v) is 3.62. The van der Waals surface area contributed by atoms with E-state index in [-0.39, 0.29) is 17.4 Å². The van der Waals surface area contributed by atoms with Gasteiger partial charge in [0.05, 0.1) is 18.5 Å². The van der Waals surface area contributed by atoms with Crippen LogP contribution in [-0.4, -0.2) is 15.6 Å².